The third kappa shape index (κ3) is 4.49. The van der Waals surface area contributed by atoms with Gasteiger partial charge in [0.15, 0.2) is 11.6 Å². The van der Waals surface area contributed by atoms with Crippen LogP contribution in [0.4, 0.5) is 10.2 Å². The normalized spacial score (nSPS) is 10.7. The van der Waals surface area contributed by atoms with Gasteiger partial charge in [-0.3, -0.25) is 9.36 Å². The molecule has 0 saturated heterocycles. The molecule has 1 aromatic heterocycles. The van der Waals surface area contributed by atoms with Crippen molar-refractivity contribution in [3.8, 4) is 0 Å². The summed E-state index contributed by atoms with van der Waals surface area (Å²) in [6, 6.07) is 0. The number of halogens is 1. The highest BCUT2D eigenvalue weighted by molar-refractivity contribution is 5.69. The monoisotopic (exact) mass is 270 g/mol. The minimum absolute atomic E-state index is 0.189. The van der Waals surface area contributed by atoms with Crippen molar-refractivity contribution in [1.82, 2.24) is 14.5 Å². The molecule has 0 fully saturated rings. The average Bonchev–Trinajstić information content (AvgIpc) is 2.31. The Hall–Kier alpha value is -2.25. The maximum atomic E-state index is 13.6. The summed E-state index contributed by atoms with van der Waals surface area (Å²) in [5, 5.41) is 0. The number of hydrogen-bond acceptors (Lipinski definition) is 5. The largest absolute Gasteiger partial charge is 0.465 e. The summed E-state index contributed by atoms with van der Waals surface area (Å²) in [6.07, 6.45) is 2.20. The van der Waals surface area contributed by atoms with Crippen LogP contribution < -0.4 is 5.69 Å². The third-order valence-corrected chi connectivity index (χ3v) is 1.95. The Morgan fingerprint density at radius 1 is 1.63 bits per heavy atom. The van der Waals surface area contributed by atoms with Gasteiger partial charge < -0.3 is 9.64 Å². The van der Waals surface area contributed by atoms with Crippen LogP contribution >= 0.6 is 0 Å². The van der Waals surface area contributed by atoms with Crippen LogP contribution in [-0.2, 0) is 16.1 Å². The van der Waals surface area contributed by atoms with Crippen molar-refractivity contribution in [1.29, 1.82) is 0 Å². The fourth-order valence-corrected chi connectivity index (χ4v) is 1.18. The molecule has 0 aliphatic rings. The fraction of sp³-hybridized carbons (Fsp3) is 0.455. The number of nitrogens with zero attached hydrogens (tertiary/aromatic N) is 4. The van der Waals surface area contributed by atoms with Crippen molar-refractivity contribution < 1.29 is 13.9 Å². The topological polar surface area (TPSA) is 76.8 Å². The number of esters is 1. The standard InChI is InChI=1S/C11H15FN4O3/c1-4-19-9(17)6-16-5-8(12)10(14-11(16)18)13-7-15(2)3/h5,7H,4,6H2,1-3H3. The zero-order chi connectivity index (χ0) is 14.4. The highest BCUT2D eigenvalue weighted by Crippen LogP contribution is 2.10. The van der Waals surface area contributed by atoms with E-state index < -0.39 is 17.5 Å². The van der Waals surface area contributed by atoms with Crippen LogP contribution in [-0.4, -0.2) is 47.5 Å². The minimum atomic E-state index is -0.790. The molecule has 0 unspecified atom stereocenters. The van der Waals surface area contributed by atoms with Crippen LogP contribution in [0, 0.1) is 5.82 Å². The van der Waals surface area contributed by atoms with Gasteiger partial charge >= 0.3 is 11.7 Å². The van der Waals surface area contributed by atoms with Crippen LogP contribution in [0.5, 0.6) is 0 Å². The molecule has 0 radical (unpaired) electrons. The summed E-state index contributed by atoms with van der Waals surface area (Å²) in [5.74, 6) is -1.74. The quantitative estimate of drug-likeness (QED) is 0.433. The number of ether oxygens (including phenoxy) is 1. The summed E-state index contributed by atoms with van der Waals surface area (Å²) in [5.41, 5.74) is -0.764. The Labute approximate surface area is 109 Å². The van der Waals surface area contributed by atoms with Crippen molar-refractivity contribution in [3.63, 3.8) is 0 Å². The van der Waals surface area contributed by atoms with Gasteiger partial charge in [-0.05, 0) is 6.92 Å². The highest BCUT2D eigenvalue weighted by atomic mass is 19.1. The van der Waals surface area contributed by atoms with Gasteiger partial charge in [0.25, 0.3) is 0 Å². The first-order valence-electron chi connectivity index (χ1n) is 5.57. The zero-order valence-electron chi connectivity index (χ0n) is 11.0. The molecule has 1 rings (SSSR count). The molecule has 0 atom stereocenters. The van der Waals surface area contributed by atoms with E-state index in [1.807, 2.05) is 0 Å². The molecule has 1 heterocycles. The van der Waals surface area contributed by atoms with Crippen LogP contribution in [0.1, 0.15) is 6.92 Å². The molecule has 0 aliphatic carbocycles. The van der Waals surface area contributed by atoms with E-state index >= 15 is 0 Å². The maximum Gasteiger partial charge on any atom is 0.350 e. The molecule has 8 heteroatoms. The number of carbonyl (C=O) groups is 1. The van der Waals surface area contributed by atoms with E-state index in [-0.39, 0.29) is 19.0 Å². The lowest BCUT2D eigenvalue weighted by Crippen LogP contribution is -2.27. The van der Waals surface area contributed by atoms with Crippen molar-refractivity contribution in [3.05, 3.63) is 22.5 Å². The molecule has 1 aromatic rings. The van der Waals surface area contributed by atoms with Gasteiger partial charge in [0.1, 0.15) is 6.54 Å². The second-order valence-electron chi connectivity index (χ2n) is 3.84. The van der Waals surface area contributed by atoms with Crippen LogP contribution in [0.25, 0.3) is 0 Å². The highest BCUT2D eigenvalue weighted by Gasteiger charge is 2.10. The van der Waals surface area contributed by atoms with Crippen LogP contribution in [0.3, 0.4) is 0 Å². The summed E-state index contributed by atoms with van der Waals surface area (Å²) < 4.78 is 19.1. The van der Waals surface area contributed by atoms with Gasteiger partial charge in [0.2, 0.25) is 0 Å². The lowest BCUT2D eigenvalue weighted by molar-refractivity contribution is -0.143. The first-order valence-corrected chi connectivity index (χ1v) is 5.57. The van der Waals surface area contributed by atoms with E-state index in [9.17, 15) is 14.0 Å². The molecular weight excluding hydrogens is 255 g/mol. The number of hydrogen-bond donors (Lipinski definition) is 0. The van der Waals surface area contributed by atoms with Gasteiger partial charge in [0.05, 0.1) is 12.9 Å². The van der Waals surface area contributed by atoms with Gasteiger partial charge in [-0.25, -0.2) is 14.2 Å². The second-order valence-corrected chi connectivity index (χ2v) is 3.84. The van der Waals surface area contributed by atoms with E-state index in [1.165, 1.54) is 6.34 Å². The molecule has 0 saturated carbocycles. The number of carbonyl (C=O) groups excluding carboxylic acids is 1. The fourth-order valence-electron chi connectivity index (χ4n) is 1.18. The molecular formula is C11H15FN4O3. The first kappa shape index (κ1) is 14.8. The van der Waals surface area contributed by atoms with Crippen molar-refractivity contribution >= 4 is 18.1 Å². The molecule has 0 aromatic carbocycles. The SMILES string of the molecule is CCOC(=O)Cn1cc(F)c(N=CN(C)C)nc1=O. The summed E-state index contributed by atoms with van der Waals surface area (Å²) in [4.78, 5) is 31.5. The smallest absolute Gasteiger partial charge is 0.350 e. The van der Waals surface area contributed by atoms with Gasteiger partial charge in [-0.2, -0.15) is 4.98 Å². The molecule has 0 spiro atoms. The molecule has 19 heavy (non-hydrogen) atoms. The van der Waals surface area contributed by atoms with Gasteiger partial charge in [0, 0.05) is 20.3 Å². The lowest BCUT2D eigenvalue weighted by atomic mass is 10.5. The first-order chi connectivity index (χ1) is 8.93. The molecule has 7 nitrogen and oxygen atoms in total. The molecule has 0 amide bonds. The van der Waals surface area contributed by atoms with Crippen LogP contribution in [0.2, 0.25) is 0 Å². The van der Waals surface area contributed by atoms with Crippen molar-refractivity contribution in [2.75, 3.05) is 20.7 Å². The Morgan fingerprint density at radius 2 is 2.32 bits per heavy atom. The summed E-state index contributed by atoms with van der Waals surface area (Å²) >= 11 is 0. The predicted octanol–water partition coefficient (Wildman–Crippen LogP) is 0.167. The summed E-state index contributed by atoms with van der Waals surface area (Å²) in [7, 11) is 3.40. The van der Waals surface area contributed by atoms with Crippen molar-refractivity contribution in [2.45, 2.75) is 13.5 Å². The van der Waals surface area contributed by atoms with E-state index in [0.29, 0.717) is 0 Å². The second kappa shape index (κ2) is 6.62. The molecule has 0 aliphatic heterocycles. The van der Waals surface area contributed by atoms with E-state index in [4.69, 9.17) is 0 Å². The Morgan fingerprint density at radius 3 is 2.89 bits per heavy atom. The Kier molecular flexibility index (Phi) is 5.16. The maximum absolute atomic E-state index is 13.6. The van der Waals surface area contributed by atoms with E-state index in [1.54, 1.807) is 25.9 Å². The van der Waals surface area contributed by atoms with Gasteiger partial charge in [-0.1, -0.05) is 0 Å². The van der Waals surface area contributed by atoms with Gasteiger partial charge in [-0.15, -0.1) is 0 Å². The molecule has 0 N–H and O–H groups in total. The number of aliphatic imine (C=N–C) groups is 1. The summed E-state index contributed by atoms with van der Waals surface area (Å²) in [6.45, 7) is 1.45. The number of rotatable bonds is 5. The molecule has 104 valence electrons. The zero-order valence-corrected chi connectivity index (χ0v) is 11.0. The minimum Gasteiger partial charge on any atom is -0.465 e. The van der Waals surface area contributed by atoms with Crippen LogP contribution in [0.15, 0.2) is 16.0 Å². The Balaban J connectivity index is 2.97. The van der Waals surface area contributed by atoms with E-state index in [0.717, 1.165) is 10.8 Å². The molecule has 0 bridgehead atoms. The van der Waals surface area contributed by atoms with E-state index in [2.05, 4.69) is 14.7 Å². The average molecular weight is 270 g/mol. The number of aromatic nitrogens is 2. The third-order valence-electron chi connectivity index (χ3n) is 1.95. The predicted molar refractivity (Wildman–Crippen MR) is 66.9 cm³/mol. The van der Waals surface area contributed by atoms with Crippen molar-refractivity contribution in [2.24, 2.45) is 4.99 Å². The lowest BCUT2D eigenvalue weighted by Gasteiger charge is -2.06. The Bertz CT molecular complexity index is 539.